The number of hydrogen-bond acceptors (Lipinski definition) is 2. The first-order chi connectivity index (χ1) is 13.7. The number of carbonyl (C=O) groups is 1. The van der Waals surface area contributed by atoms with Crippen molar-refractivity contribution in [2.75, 3.05) is 13.1 Å². The number of carbonyl (C=O) groups excluding carboxylic acids is 1. The van der Waals surface area contributed by atoms with Gasteiger partial charge in [0.2, 0.25) is 5.91 Å². The summed E-state index contributed by atoms with van der Waals surface area (Å²) in [5, 5.41) is 4.80. The molecular weight excluding hydrogens is 414 g/mol. The largest absolute Gasteiger partial charge is 0.339 e. The molecule has 0 spiro atoms. The molecule has 1 saturated heterocycles. The fraction of sp³-hybridized carbons (Fsp3) is 0.217. The fourth-order valence-electron chi connectivity index (χ4n) is 3.44. The van der Waals surface area contributed by atoms with Gasteiger partial charge in [-0.15, -0.1) is 0 Å². The van der Waals surface area contributed by atoms with Crippen LogP contribution in [0.15, 0.2) is 71.3 Å². The smallest absolute Gasteiger partial charge is 0.246 e. The van der Waals surface area contributed by atoms with Crippen LogP contribution in [0.4, 0.5) is 0 Å². The van der Waals surface area contributed by atoms with Gasteiger partial charge in [-0.05, 0) is 49.6 Å². The summed E-state index contributed by atoms with van der Waals surface area (Å²) in [6.45, 7) is 1.71. The Kier molecular flexibility index (Phi) is 5.72. The highest BCUT2D eigenvalue weighted by Crippen LogP contribution is 2.26. The van der Waals surface area contributed by atoms with Crippen molar-refractivity contribution in [1.29, 1.82) is 0 Å². The molecular formula is C23H22BrN3O. The van der Waals surface area contributed by atoms with Gasteiger partial charge in [-0.3, -0.25) is 4.79 Å². The zero-order valence-electron chi connectivity index (χ0n) is 15.6. The summed E-state index contributed by atoms with van der Waals surface area (Å²) < 4.78 is 2.89. The van der Waals surface area contributed by atoms with Crippen molar-refractivity contribution in [2.24, 2.45) is 0 Å². The normalized spacial score (nSPS) is 14.5. The minimum atomic E-state index is 0.0777. The van der Waals surface area contributed by atoms with Gasteiger partial charge in [0.1, 0.15) is 0 Å². The summed E-state index contributed by atoms with van der Waals surface area (Å²) in [4.78, 5) is 14.5. The quantitative estimate of drug-likeness (QED) is 0.519. The van der Waals surface area contributed by atoms with Crippen molar-refractivity contribution in [3.05, 3.63) is 76.9 Å². The molecule has 1 amide bonds. The van der Waals surface area contributed by atoms with Gasteiger partial charge in [0.05, 0.1) is 11.4 Å². The number of halogens is 1. The Morgan fingerprint density at radius 3 is 2.39 bits per heavy atom. The number of hydrogen-bond donors (Lipinski definition) is 0. The molecule has 1 aliphatic heterocycles. The van der Waals surface area contributed by atoms with E-state index in [0.29, 0.717) is 0 Å². The number of para-hydroxylation sites is 1. The lowest BCUT2D eigenvalue weighted by Crippen LogP contribution is -2.34. The molecule has 1 aliphatic rings. The maximum absolute atomic E-state index is 12.5. The molecule has 1 aromatic heterocycles. The van der Waals surface area contributed by atoms with Crippen LogP contribution in [0.5, 0.6) is 0 Å². The highest BCUT2D eigenvalue weighted by atomic mass is 79.9. The van der Waals surface area contributed by atoms with Gasteiger partial charge in [-0.2, -0.15) is 5.10 Å². The van der Waals surface area contributed by atoms with E-state index in [9.17, 15) is 4.79 Å². The standard InChI is InChI=1S/C23H22BrN3O/c24-20-12-9-18(10-13-20)23-19(11-14-22(28)26-15-5-2-6-16-26)17-27(25-23)21-7-3-1-4-8-21/h1,3-4,7-14,17H,2,5-6,15-16H2/b14-11-. The van der Waals surface area contributed by atoms with Crippen LogP contribution in [0.1, 0.15) is 24.8 Å². The maximum atomic E-state index is 12.5. The third-order valence-corrected chi connectivity index (χ3v) is 5.48. The zero-order valence-corrected chi connectivity index (χ0v) is 17.2. The summed E-state index contributed by atoms with van der Waals surface area (Å²) >= 11 is 3.48. The van der Waals surface area contributed by atoms with Gasteiger partial charge in [0.25, 0.3) is 0 Å². The number of rotatable bonds is 4. The van der Waals surface area contributed by atoms with Gasteiger partial charge in [-0.1, -0.05) is 46.3 Å². The summed E-state index contributed by atoms with van der Waals surface area (Å²) in [6.07, 6.45) is 8.95. The Balaban J connectivity index is 1.67. The third-order valence-electron chi connectivity index (χ3n) is 4.95. The molecule has 5 heteroatoms. The molecule has 0 N–H and O–H groups in total. The highest BCUT2D eigenvalue weighted by molar-refractivity contribution is 9.10. The van der Waals surface area contributed by atoms with Crippen LogP contribution >= 0.6 is 15.9 Å². The van der Waals surface area contributed by atoms with Crippen LogP contribution in [-0.2, 0) is 4.79 Å². The SMILES string of the molecule is O=C(/C=C\c1cn(-c2ccccc2)nc1-c1ccc(Br)cc1)N1CCCCC1. The summed E-state index contributed by atoms with van der Waals surface area (Å²) in [5.74, 6) is 0.0777. The first-order valence-electron chi connectivity index (χ1n) is 9.59. The van der Waals surface area contributed by atoms with E-state index in [1.807, 2.05) is 76.5 Å². The minimum absolute atomic E-state index is 0.0777. The number of benzene rings is 2. The molecule has 0 atom stereocenters. The second-order valence-electron chi connectivity index (χ2n) is 6.94. The molecule has 3 aromatic rings. The fourth-order valence-corrected chi connectivity index (χ4v) is 3.70. The molecule has 142 valence electrons. The minimum Gasteiger partial charge on any atom is -0.339 e. The second kappa shape index (κ2) is 8.57. The Hall–Kier alpha value is -2.66. The molecule has 4 nitrogen and oxygen atoms in total. The van der Waals surface area contributed by atoms with Gasteiger partial charge in [0.15, 0.2) is 0 Å². The lowest BCUT2D eigenvalue weighted by molar-refractivity contribution is -0.126. The van der Waals surface area contributed by atoms with Crippen molar-refractivity contribution in [2.45, 2.75) is 19.3 Å². The molecule has 28 heavy (non-hydrogen) atoms. The van der Waals surface area contributed by atoms with Crippen LogP contribution < -0.4 is 0 Å². The van der Waals surface area contributed by atoms with Gasteiger partial charge in [-0.25, -0.2) is 4.68 Å². The van der Waals surface area contributed by atoms with Crippen molar-refractivity contribution in [3.8, 4) is 16.9 Å². The van der Waals surface area contributed by atoms with Crippen LogP contribution in [0.3, 0.4) is 0 Å². The van der Waals surface area contributed by atoms with E-state index in [2.05, 4.69) is 15.9 Å². The van der Waals surface area contributed by atoms with Gasteiger partial charge < -0.3 is 4.90 Å². The van der Waals surface area contributed by atoms with Crippen molar-refractivity contribution < 1.29 is 4.79 Å². The Labute approximate surface area is 173 Å². The number of piperidine rings is 1. The lowest BCUT2D eigenvalue weighted by atomic mass is 10.1. The van der Waals surface area contributed by atoms with E-state index in [1.165, 1.54) is 6.42 Å². The Bertz CT molecular complexity index is 971. The lowest BCUT2D eigenvalue weighted by Gasteiger charge is -2.25. The number of amides is 1. The van der Waals surface area contributed by atoms with E-state index in [4.69, 9.17) is 5.10 Å². The predicted octanol–water partition coefficient (Wildman–Crippen LogP) is 5.33. The third kappa shape index (κ3) is 4.25. The van der Waals surface area contributed by atoms with E-state index in [-0.39, 0.29) is 5.91 Å². The summed E-state index contributed by atoms with van der Waals surface area (Å²) in [7, 11) is 0. The van der Waals surface area contributed by atoms with E-state index >= 15 is 0 Å². The van der Waals surface area contributed by atoms with Crippen molar-refractivity contribution in [1.82, 2.24) is 14.7 Å². The summed E-state index contributed by atoms with van der Waals surface area (Å²) in [5.41, 5.74) is 3.79. The van der Waals surface area contributed by atoms with E-state index in [1.54, 1.807) is 6.08 Å². The second-order valence-corrected chi connectivity index (χ2v) is 7.86. The monoisotopic (exact) mass is 435 g/mol. The van der Waals surface area contributed by atoms with Crippen molar-refractivity contribution >= 4 is 27.9 Å². The Morgan fingerprint density at radius 2 is 1.68 bits per heavy atom. The number of aromatic nitrogens is 2. The first-order valence-corrected chi connectivity index (χ1v) is 10.4. The Morgan fingerprint density at radius 1 is 0.964 bits per heavy atom. The van der Waals surface area contributed by atoms with E-state index < -0.39 is 0 Å². The molecule has 0 saturated carbocycles. The van der Waals surface area contributed by atoms with Gasteiger partial charge >= 0.3 is 0 Å². The molecule has 4 rings (SSSR count). The molecule has 2 heterocycles. The van der Waals surface area contributed by atoms with Gasteiger partial charge in [0, 0.05) is 41.0 Å². The van der Waals surface area contributed by atoms with E-state index in [0.717, 1.165) is 52.9 Å². The van der Waals surface area contributed by atoms with Crippen molar-refractivity contribution in [3.63, 3.8) is 0 Å². The van der Waals surface area contributed by atoms with Crippen LogP contribution in [-0.4, -0.2) is 33.7 Å². The molecule has 2 aromatic carbocycles. The molecule has 0 aliphatic carbocycles. The highest BCUT2D eigenvalue weighted by Gasteiger charge is 2.15. The first kappa shape index (κ1) is 18.7. The maximum Gasteiger partial charge on any atom is 0.246 e. The average Bonchev–Trinajstić information content (AvgIpc) is 3.18. The zero-order chi connectivity index (χ0) is 19.3. The molecule has 0 radical (unpaired) electrons. The average molecular weight is 436 g/mol. The molecule has 0 bridgehead atoms. The molecule has 0 unspecified atom stereocenters. The van der Waals surface area contributed by atoms with Crippen LogP contribution in [0.2, 0.25) is 0 Å². The summed E-state index contributed by atoms with van der Waals surface area (Å²) in [6, 6.07) is 18.1. The topological polar surface area (TPSA) is 38.1 Å². The number of likely N-dealkylation sites (tertiary alicyclic amines) is 1. The number of nitrogens with zero attached hydrogens (tertiary/aromatic N) is 3. The van der Waals surface area contributed by atoms with Crippen LogP contribution in [0, 0.1) is 0 Å². The van der Waals surface area contributed by atoms with Crippen LogP contribution in [0.25, 0.3) is 23.0 Å². The predicted molar refractivity (Wildman–Crippen MR) is 116 cm³/mol. The molecule has 1 fully saturated rings.